The number of rotatable bonds is 9. The molecule has 0 spiro atoms. The third-order valence-corrected chi connectivity index (χ3v) is 3.95. The Balaban J connectivity index is 1.97. The predicted octanol–water partition coefficient (Wildman–Crippen LogP) is 2.40. The van der Waals surface area contributed by atoms with Gasteiger partial charge >= 0.3 is 0 Å². The number of aliphatic hydroxyl groups is 4. The molecule has 1 aromatic carbocycles. The van der Waals surface area contributed by atoms with E-state index in [0.717, 1.165) is 0 Å². The summed E-state index contributed by atoms with van der Waals surface area (Å²) in [4.78, 5) is 0. The van der Waals surface area contributed by atoms with Gasteiger partial charge in [-0.3, -0.25) is 0 Å². The zero-order valence-electron chi connectivity index (χ0n) is 14.6. The molecule has 0 fully saturated rings. The fraction of sp³-hybridized carbons (Fsp3) is 0.350. The van der Waals surface area contributed by atoms with Crippen molar-refractivity contribution in [1.82, 2.24) is 0 Å². The van der Waals surface area contributed by atoms with Crippen LogP contribution >= 0.6 is 0 Å². The van der Waals surface area contributed by atoms with Crippen LogP contribution in [0.2, 0.25) is 0 Å². The summed E-state index contributed by atoms with van der Waals surface area (Å²) in [6, 6.07) is 10.3. The molecule has 0 aliphatic carbocycles. The van der Waals surface area contributed by atoms with E-state index < -0.39 is 12.2 Å². The SMILES string of the molecule is COc1ccc([C@H](O)CC(=C=CC[C@@H](O)c2ccc(CO)o2)CO)cc1. The van der Waals surface area contributed by atoms with E-state index in [1.807, 2.05) is 0 Å². The lowest BCUT2D eigenvalue weighted by Gasteiger charge is -2.12. The molecule has 0 radical (unpaired) electrons. The maximum atomic E-state index is 10.3. The van der Waals surface area contributed by atoms with Crippen molar-refractivity contribution in [1.29, 1.82) is 0 Å². The lowest BCUT2D eigenvalue weighted by atomic mass is 10.0. The Labute approximate surface area is 152 Å². The highest BCUT2D eigenvalue weighted by molar-refractivity contribution is 5.29. The van der Waals surface area contributed by atoms with Crippen molar-refractivity contribution in [2.45, 2.75) is 31.7 Å². The van der Waals surface area contributed by atoms with Crippen LogP contribution in [0, 0.1) is 0 Å². The first-order valence-electron chi connectivity index (χ1n) is 8.30. The minimum absolute atomic E-state index is 0.222. The normalized spacial score (nSPS) is 13.0. The smallest absolute Gasteiger partial charge is 0.133 e. The Hall–Kier alpha value is -2.34. The molecule has 4 N–H and O–H groups in total. The average molecular weight is 360 g/mol. The van der Waals surface area contributed by atoms with Crippen molar-refractivity contribution in [3.8, 4) is 5.75 Å². The number of furan rings is 1. The third-order valence-electron chi connectivity index (χ3n) is 3.95. The molecule has 140 valence electrons. The molecule has 0 amide bonds. The molecule has 2 aromatic rings. The van der Waals surface area contributed by atoms with Gasteiger partial charge in [-0.25, -0.2) is 0 Å². The maximum Gasteiger partial charge on any atom is 0.133 e. The van der Waals surface area contributed by atoms with E-state index in [1.165, 1.54) is 0 Å². The summed E-state index contributed by atoms with van der Waals surface area (Å²) in [6.45, 7) is -0.463. The summed E-state index contributed by atoms with van der Waals surface area (Å²) in [6.07, 6.45) is 0.420. The van der Waals surface area contributed by atoms with Gasteiger partial charge in [0.15, 0.2) is 0 Å². The van der Waals surface area contributed by atoms with Gasteiger partial charge in [-0.05, 0) is 41.5 Å². The number of ether oxygens (including phenoxy) is 1. The van der Waals surface area contributed by atoms with Gasteiger partial charge in [0.25, 0.3) is 0 Å². The van der Waals surface area contributed by atoms with Gasteiger partial charge in [-0.1, -0.05) is 12.1 Å². The standard InChI is InChI=1S/C20H24O6/c1-25-16-7-5-15(6-8-16)19(24)11-14(12-21)3-2-4-18(23)20-10-9-17(13-22)26-20/h2,5-10,18-19,21-24H,4,11-13H2,1H3/t3?,18-,19-/m1/s1. The second-order valence-corrected chi connectivity index (χ2v) is 5.82. The van der Waals surface area contributed by atoms with Crippen molar-refractivity contribution in [2.24, 2.45) is 0 Å². The monoisotopic (exact) mass is 360 g/mol. The first kappa shape index (κ1) is 20.0. The maximum absolute atomic E-state index is 10.3. The minimum Gasteiger partial charge on any atom is -0.497 e. The zero-order valence-corrected chi connectivity index (χ0v) is 14.6. The summed E-state index contributed by atoms with van der Waals surface area (Å²) in [5.41, 5.74) is 4.16. The fourth-order valence-electron chi connectivity index (χ4n) is 2.44. The summed E-state index contributed by atoms with van der Waals surface area (Å²) >= 11 is 0. The van der Waals surface area contributed by atoms with Crippen molar-refractivity contribution < 1.29 is 29.6 Å². The van der Waals surface area contributed by atoms with Crippen LogP contribution in [0.3, 0.4) is 0 Å². The van der Waals surface area contributed by atoms with E-state index in [0.29, 0.717) is 28.4 Å². The fourth-order valence-corrected chi connectivity index (χ4v) is 2.44. The molecule has 26 heavy (non-hydrogen) atoms. The second-order valence-electron chi connectivity index (χ2n) is 5.82. The highest BCUT2D eigenvalue weighted by atomic mass is 16.5. The van der Waals surface area contributed by atoms with Crippen LogP contribution in [0.5, 0.6) is 5.75 Å². The lowest BCUT2D eigenvalue weighted by molar-refractivity contribution is 0.145. The summed E-state index contributed by atoms with van der Waals surface area (Å²) in [5.74, 6) is 1.45. The first-order valence-corrected chi connectivity index (χ1v) is 8.30. The molecule has 0 aliphatic heterocycles. The van der Waals surface area contributed by atoms with E-state index in [-0.39, 0.29) is 26.1 Å². The van der Waals surface area contributed by atoms with Crippen molar-refractivity contribution >= 4 is 0 Å². The van der Waals surface area contributed by atoms with Crippen LogP contribution in [0.25, 0.3) is 0 Å². The number of benzene rings is 1. The van der Waals surface area contributed by atoms with E-state index in [4.69, 9.17) is 14.3 Å². The Bertz CT molecular complexity index is 740. The van der Waals surface area contributed by atoms with Crippen LogP contribution in [0.4, 0.5) is 0 Å². The van der Waals surface area contributed by atoms with Gasteiger partial charge in [0.05, 0.1) is 19.8 Å². The molecule has 6 nitrogen and oxygen atoms in total. The minimum atomic E-state index is -0.866. The largest absolute Gasteiger partial charge is 0.497 e. The molecule has 0 unspecified atom stereocenters. The Morgan fingerprint density at radius 3 is 2.42 bits per heavy atom. The molecule has 2 rings (SSSR count). The lowest BCUT2D eigenvalue weighted by Crippen LogP contribution is -2.01. The second kappa shape index (κ2) is 9.97. The van der Waals surface area contributed by atoms with E-state index in [2.05, 4.69) is 5.73 Å². The van der Waals surface area contributed by atoms with Gasteiger partial charge in [-0.2, -0.15) is 0 Å². The van der Waals surface area contributed by atoms with Crippen LogP contribution in [-0.2, 0) is 6.61 Å². The van der Waals surface area contributed by atoms with Crippen molar-refractivity contribution in [3.05, 3.63) is 70.9 Å². The Morgan fingerprint density at radius 1 is 1.12 bits per heavy atom. The van der Waals surface area contributed by atoms with Crippen LogP contribution in [0.1, 0.15) is 42.1 Å². The molecule has 0 saturated carbocycles. The number of hydrogen-bond donors (Lipinski definition) is 4. The summed E-state index contributed by atoms with van der Waals surface area (Å²) in [5, 5.41) is 38.8. The first-order chi connectivity index (χ1) is 12.6. The van der Waals surface area contributed by atoms with Crippen molar-refractivity contribution in [2.75, 3.05) is 13.7 Å². The van der Waals surface area contributed by atoms with Crippen LogP contribution in [0.15, 0.2) is 58.2 Å². The van der Waals surface area contributed by atoms with Crippen LogP contribution in [-0.4, -0.2) is 34.1 Å². The molecule has 0 saturated heterocycles. The quantitative estimate of drug-likeness (QED) is 0.512. The molecule has 2 atom stereocenters. The van der Waals surface area contributed by atoms with E-state index in [1.54, 1.807) is 49.6 Å². The van der Waals surface area contributed by atoms with Crippen molar-refractivity contribution in [3.63, 3.8) is 0 Å². The molecular formula is C20H24O6. The van der Waals surface area contributed by atoms with Gasteiger partial charge in [0.1, 0.15) is 30.0 Å². The number of methoxy groups -OCH3 is 1. The topological polar surface area (TPSA) is 103 Å². The number of aliphatic hydroxyl groups excluding tert-OH is 4. The molecular weight excluding hydrogens is 336 g/mol. The van der Waals surface area contributed by atoms with Gasteiger partial charge in [0.2, 0.25) is 0 Å². The molecule has 1 aromatic heterocycles. The van der Waals surface area contributed by atoms with Gasteiger partial charge in [0, 0.05) is 12.8 Å². The predicted molar refractivity (Wildman–Crippen MR) is 95.5 cm³/mol. The molecule has 0 aliphatic rings. The Kier molecular flexibility index (Phi) is 7.66. The Morgan fingerprint density at radius 2 is 1.85 bits per heavy atom. The molecule has 0 bridgehead atoms. The molecule has 1 heterocycles. The zero-order chi connectivity index (χ0) is 18.9. The van der Waals surface area contributed by atoms with Gasteiger partial charge < -0.3 is 29.6 Å². The van der Waals surface area contributed by atoms with E-state index >= 15 is 0 Å². The average Bonchev–Trinajstić information content (AvgIpc) is 3.16. The number of hydrogen-bond acceptors (Lipinski definition) is 6. The third kappa shape index (κ3) is 5.59. The van der Waals surface area contributed by atoms with Gasteiger partial charge in [-0.15, -0.1) is 5.73 Å². The van der Waals surface area contributed by atoms with E-state index in [9.17, 15) is 15.3 Å². The van der Waals surface area contributed by atoms with Crippen LogP contribution < -0.4 is 4.74 Å². The molecule has 6 heteroatoms. The highest BCUT2D eigenvalue weighted by Crippen LogP contribution is 2.23. The summed E-state index contributed by atoms with van der Waals surface area (Å²) in [7, 11) is 1.57. The summed E-state index contributed by atoms with van der Waals surface area (Å²) < 4.78 is 10.3. The highest BCUT2D eigenvalue weighted by Gasteiger charge is 2.12.